The lowest BCUT2D eigenvalue weighted by Gasteiger charge is -2.13. The fraction of sp³-hybridized carbons (Fsp3) is 0.250. The van der Waals surface area contributed by atoms with Gasteiger partial charge in [0.05, 0.1) is 0 Å². The van der Waals surface area contributed by atoms with E-state index in [2.05, 4.69) is 10.3 Å². The number of thioether (sulfide) groups is 1. The molecule has 8 heteroatoms. The molecule has 0 saturated carbocycles. The highest BCUT2D eigenvalue weighted by Crippen LogP contribution is 2.23. The summed E-state index contributed by atoms with van der Waals surface area (Å²) in [6.45, 7) is 1.87. The summed E-state index contributed by atoms with van der Waals surface area (Å²) in [6.07, 6.45) is -0.356. The van der Waals surface area contributed by atoms with E-state index in [1.54, 1.807) is 18.2 Å². The van der Waals surface area contributed by atoms with Crippen LogP contribution in [0.25, 0.3) is 11.1 Å². The molecule has 0 aliphatic carbocycles. The van der Waals surface area contributed by atoms with Gasteiger partial charge in [0.2, 0.25) is 0 Å². The Kier molecular flexibility index (Phi) is 6.65. The second-order valence-corrected chi connectivity index (χ2v) is 6.96. The molecule has 146 valence electrons. The van der Waals surface area contributed by atoms with Crippen LogP contribution in [0.4, 0.5) is 4.39 Å². The lowest BCUT2D eigenvalue weighted by atomic mass is 10.1. The van der Waals surface area contributed by atoms with Gasteiger partial charge < -0.3 is 14.5 Å². The number of esters is 1. The van der Waals surface area contributed by atoms with E-state index in [9.17, 15) is 14.0 Å². The first-order valence-corrected chi connectivity index (χ1v) is 9.70. The van der Waals surface area contributed by atoms with Gasteiger partial charge >= 0.3 is 5.97 Å². The Morgan fingerprint density at radius 2 is 1.96 bits per heavy atom. The summed E-state index contributed by atoms with van der Waals surface area (Å²) >= 11 is 1.11. The maximum Gasteiger partial charge on any atom is 0.317 e. The molecule has 0 spiro atoms. The summed E-state index contributed by atoms with van der Waals surface area (Å²) in [6, 6.07) is 13.4. The molecule has 2 aromatic carbocycles. The standard InChI is InChI=1S/C20H19FN2O4S/c1-13(19(25)22-11-10-14-6-8-15(21)9-7-14)26-18(24)12-28-20-23-16-4-2-3-5-17(16)27-20/h2-9,13H,10-12H2,1H3,(H,22,25)/t13-/m1/s1. The largest absolute Gasteiger partial charge is 0.452 e. The number of hydrogen-bond acceptors (Lipinski definition) is 6. The van der Waals surface area contributed by atoms with Crippen molar-refractivity contribution in [3.63, 3.8) is 0 Å². The van der Waals surface area contributed by atoms with Gasteiger partial charge in [0, 0.05) is 6.54 Å². The van der Waals surface area contributed by atoms with Gasteiger partial charge in [-0.1, -0.05) is 36.0 Å². The second kappa shape index (κ2) is 9.36. The predicted octanol–water partition coefficient (Wildman–Crippen LogP) is 3.35. The molecule has 0 bridgehead atoms. The minimum atomic E-state index is -0.912. The van der Waals surface area contributed by atoms with E-state index < -0.39 is 12.1 Å². The van der Waals surface area contributed by atoms with Crippen molar-refractivity contribution in [2.24, 2.45) is 0 Å². The zero-order valence-corrected chi connectivity index (χ0v) is 16.0. The van der Waals surface area contributed by atoms with Crippen molar-refractivity contribution in [1.29, 1.82) is 0 Å². The van der Waals surface area contributed by atoms with Crippen LogP contribution in [0.3, 0.4) is 0 Å². The highest BCUT2D eigenvalue weighted by atomic mass is 32.2. The summed E-state index contributed by atoms with van der Waals surface area (Å²) in [5.74, 6) is -1.24. The molecule has 0 saturated heterocycles. The van der Waals surface area contributed by atoms with Gasteiger partial charge in [-0.2, -0.15) is 0 Å². The number of oxazole rings is 1. The molecule has 0 radical (unpaired) electrons. The number of carbonyl (C=O) groups excluding carboxylic acids is 2. The summed E-state index contributed by atoms with van der Waals surface area (Å²) in [7, 11) is 0. The van der Waals surface area contributed by atoms with Crippen molar-refractivity contribution in [1.82, 2.24) is 10.3 Å². The molecule has 1 heterocycles. The van der Waals surface area contributed by atoms with Crippen LogP contribution in [0.1, 0.15) is 12.5 Å². The number of para-hydroxylation sites is 2. The Hall–Kier alpha value is -2.87. The summed E-state index contributed by atoms with van der Waals surface area (Å²) in [5, 5.41) is 3.06. The minimum absolute atomic E-state index is 0.0139. The van der Waals surface area contributed by atoms with Gasteiger partial charge in [0.15, 0.2) is 11.7 Å². The van der Waals surface area contributed by atoms with Crippen LogP contribution in [0.2, 0.25) is 0 Å². The molecule has 1 aromatic heterocycles. The fourth-order valence-corrected chi connectivity index (χ4v) is 3.06. The monoisotopic (exact) mass is 402 g/mol. The summed E-state index contributed by atoms with van der Waals surface area (Å²) < 4.78 is 23.5. The number of halogens is 1. The van der Waals surface area contributed by atoms with E-state index in [-0.39, 0.29) is 17.5 Å². The van der Waals surface area contributed by atoms with Crippen molar-refractivity contribution < 1.29 is 23.1 Å². The van der Waals surface area contributed by atoms with Crippen LogP contribution >= 0.6 is 11.8 Å². The van der Waals surface area contributed by atoms with Crippen molar-refractivity contribution in [3.8, 4) is 0 Å². The molecule has 0 aliphatic rings. The smallest absolute Gasteiger partial charge is 0.317 e. The fourth-order valence-electron chi connectivity index (χ4n) is 2.44. The Balaban J connectivity index is 1.39. The van der Waals surface area contributed by atoms with Crippen LogP contribution in [-0.2, 0) is 20.7 Å². The van der Waals surface area contributed by atoms with Gasteiger partial charge in [-0.05, 0) is 43.2 Å². The normalized spacial score (nSPS) is 11.9. The summed E-state index contributed by atoms with van der Waals surface area (Å²) in [4.78, 5) is 28.2. The average Bonchev–Trinajstić information content (AvgIpc) is 3.11. The Bertz CT molecular complexity index is 925. The van der Waals surface area contributed by atoms with Crippen LogP contribution in [0.15, 0.2) is 58.2 Å². The van der Waals surface area contributed by atoms with E-state index in [1.807, 2.05) is 18.2 Å². The lowest BCUT2D eigenvalue weighted by Crippen LogP contribution is -2.37. The molecule has 0 fully saturated rings. The molecule has 28 heavy (non-hydrogen) atoms. The number of carbonyl (C=O) groups is 2. The average molecular weight is 402 g/mol. The molecule has 1 N–H and O–H groups in total. The minimum Gasteiger partial charge on any atom is -0.452 e. The zero-order chi connectivity index (χ0) is 19.9. The second-order valence-electron chi connectivity index (χ2n) is 6.04. The number of hydrogen-bond donors (Lipinski definition) is 1. The number of nitrogens with one attached hydrogen (secondary N) is 1. The molecule has 6 nitrogen and oxygen atoms in total. The molecular weight excluding hydrogens is 383 g/mol. The number of aromatic nitrogens is 1. The first kappa shape index (κ1) is 19.9. The van der Waals surface area contributed by atoms with Crippen molar-refractivity contribution in [2.75, 3.05) is 12.3 Å². The topological polar surface area (TPSA) is 81.4 Å². The van der Waals surface area contributed by atoms with E-state index in [1.165, 1.54) is 19.1 Å². The van der Waals surface area contributed by atoms with E-state index >= 15 is 0 Å². The third-order valence-corrected chi connectivity index (χ3v) is 4.69. The van der Waals surface area contributed by atoms with Gasteiger partial charge in [-0.15, -0.1) is 0 Å². The number of amides is 1. The third-order valence-electron chi connectivity index (χ3n) is 3.89. The molecule has 1 atom stereocenters. The van der Waals surface area contributed by atoms with E-state index in [0.29, 0.717) is 29.3 Å². The Morgan fingerprint density at radius 1 is 1.21 bits per heavy atom. The quantitative estimate of drug-likeness (QED) is 0.460. The lowest BCUT2D eigenvalue weighted by molar-refractivity contribution is -0.152. The van der Waals surface area contributed by atoms with Gasteiger partial charge in [0.25, 0.3) is 11.1 Å². The Morgan fingerprint density at radius 3 is 2.71 bits per heavy atom. The van der Waals surface area contributed by atoms with Crippen molar-refractivity contribution in [2.45, 2.75) is 24.7 Å². The first-order chi connectivity index (χ1) is 13.5. The maximum atomic E-state index is 12.9. The SMILES string of the molecule is C[C@@H](OC(=O)CSc1nc2ccccc2o1)C(=O)NCCc1ccc(F)cc1. The number of benzene rings is 2. The highest BCUT2D eigenvalue weighted by molar-refractivity contribution is 7.99. The van der Waals surface area contributed by atoms with Crippen molar-refractivity contribution >= 4 is 34.7 Å². The molecule has 3 aromatic rings. The molecular formula is C20H19FN2O4S. The van der Waals surface area contributed by atoms with Crippen LogP contribution in [0, 0.1) is 5.82 Å². The van der Waals surface area contributed by atoms with Gasteiger partial charge in [-0.3, -0.25) is 9.59 Å². The Labute approximate surface area is 165 Å². The van der Waals surface area contributed by atoms with Crippen LogP contribution in [-0.4, -0.2) is 35.3 Å². The number of rotatable bonds is 8. The van der Waals surface area contributed by atoms with E-state index in [0.717, 1.165) is 17.3 Å². The van der Waals surface area contributed by atoms with Gasteiger partial charge in [-0.25, -0.2) is 9.37 Å². The first-order valence-electron chi connectivity index (χ1n) is 8.71. The highest BCUT2D eigenvalue weighted by Gasteiger charge is 2.18. The summed E-state index contributed by atoms with van der Waals surface area (Å²) in [5.41, 5.74) is 2.26. The van der Waals surface area contributed by atoms with Crippen molar-refractivity contribution in [3.05, 3.63) is 59.9 Å². The molecule has 3 rings (SSSR count). The molecule has 1 amide bonds. The van der Waals surface area contributed by atoms with Crippen LogP contribution < -0.4 is 5.32 Å². The third kappa shape index (κ3) is 5.56. The number of nitrogens with zero attached hydrogens (tertiary/aromatic N) is 1. The molecule has 0 unspecified atom stereocenters. The molecule has 0 aliphatic heterocycles. The van der Waals surface area contributed by atoms with Gasteiger partial charge in [0.1, 0.15) is 17.1 Å². The zero-order valence-electron chi connectivity index (χ0n) is 15.2. The number of fused-ring (bicyclic) bond motifs is 1. The maximum absolute atomic E-state index is 12.9. The number of ether oxygens (including phenoxy) is 1. The predicted molar refractivity (Wildman–Crippen MR) is 103 cm³/mol. The van der Waals surface area contributed by atoms with Crippen LogP contribution in [0.5, 0.6) is 0 Å². The van der Waals surface area contributed by atoms with E-state index in [4.69, 9.17) is 9.15 Å².